The fourth-order valence-electron chi connectivity index (χ4n) is 3.87. The number of thioether (sulfide) groups is 1. The molecule has 178 valence electrons. The summed E-state index contributed by atoms with van der Waals surface area (Å²) in [6.45, 7) is 2.56. The maximum absolute atomic E-state index is 13.1. The van der Waals surface area contributed by atoms with Crippen LogP contribution in [-0.4, -0.2) is 41.7 Å². The quantitative estimate of drug-likeness (QED) is 0.355. The second-order valence-electron chi connectivity index (χ2n) is 8.18. The molecule has 1 N–H and O–H groups in total. The van der Waals surface area contributed by atoms with E-state index in [0.29, 0.717) is 23.5 Å². The van der Waals surface area contributed by atoms with Gasteiger partial charge in [-0.3, -0.25) is 9.80 Å². The van der Waals surface area contributed by atoms with Crippen molar-refractivity contribution in [1.82, 2.24) is 5.01 Å². The van der Waals surface area contributed by atoms with Crippen molar-refractivity contribution in [2.24, 2.45) is 10.5 Å². The maximum atomic E-state index is 13.1. The second kappa shape index (κ2) is 10.7. The topological polar surface area (TPSA) is 44.7 Å². The molecule has 0 aromatic heterocycles. The van der Waals surface area contributed by atoms with Gasteiger partial charge >= 0.3 is 6.18 Å². The summed E-state index contributed by atoms with van der Waals surface area (Å²) in [5.41, 5.74) is 0.563. The number of hydrogen-bond acceptors (Lipinski definition) is 4. The highest BCUT2D eigenvalue weighted by Gasteiger charge is 2.40. The molecule has 0 radical (unpaired) electrons. The lowest BCUT2D eigenvalue weighted by Crippen LogP contribution is -2.34. The average molecular weight is 563 g/mol. The largest absolute Gasteiger partial charge is 0.417 e. The van der Waals surface area contributed by atoms with Crippen LogP contribution in [0, 0.1) is 5.41 Å². The Bertz CT molecular complexity index is 1030. The molecule has 10 heteroatoms. The predicted molar refractivity (Wildman–Crippen MR) is 133 cm³/mol. The van der Waals surface area contributed by atoms with Crippen LogP contribution in [0.2, 0.25) is 5.02 Å². The molecule has 0 aliphatic carbocycles. The van der Waals surface area contributed by atoms with Gasteiger partial charge < -0.3 is 5.32 Å². The number of halogens is 5. The van der Waals surface area contributed by atoms with Crippen LogP contribution >= 0.6 is 39.3 Å². The van der Waals surface area contributed by atoms with Crippen molar-refractivity contribution >= 4 is 56.6 Å². The third-order valence-corrected chi connectivity index (χ3v) is 6.96. The molecule has 0 saturated carbocycles. The van der Waals surface area contributed by atoms with Crippen LogP contribution in [0.1, 0.15) is 30.9 Å². The Morgan fingerprint density at radius 2 is 1.97 bits per heavy atom. The van der Waals surface area contributed by atoms with Crippen molar-refractivity contribution in [2.75, 3.05) is 30.4 Å². The van der Waals surface area contributed by atoms with Crippen molar-refractivity contribution in [3.63, 3.8) is 0 Å². The summed E-state index contributed by atoms with van der Waals surface area (Å²) >= 11 is 11.1. The molecule has 1 aliphatic heterocycles. The van der Waals surface area contributed by atoms with Crippen LogP contribution in [0.15, 0.2) is 52.0 Å². The van der Waals surface area contributed by atoms with E-state index in [1.165, 1.54) is 12.1 Å². The minimum absolute atomic E-state index is 0.0338. The van der Waals surface area contributed by atoms with Crippen LogP contribution in [0.3, 0.4) is 0 Å². The first kappa shape index (κ1) is 25.9. The van der Waals surface area contributed by atoms with Crippen LogP contribution < -0.4 is 5.32 Å². The van der Waals surface area contributed by atoms with Crippen molar-refractivity contribution in [1.29, 1.82) is 0 Å². The molecular formula is C23H24BrClF3N3OS. The number of anilines is 1. The number of carbonyl (C=O) groups excluding carboxylic acids is 1. The fourth-order valence-corrected chi connectivity index (χ4v) is 4.85. The van der Waals surface area contributed by atoms with Gasteiger partial charge in [-0.1, -0.05) is 40.5 Å². The number of rotatable bonds is 8. The Morgan fingerprint density at radius 1 is 1.27 bits per heavy atom. The molecule has 0 fully saturated rings. The van der Waals surface area contributed by atoms with Crippen molar-refractivity contribution in [3.8, 4) is 0 Å². The van der Waals surface area contributed by atoms with Gasteiger partial charge in [-0.25, -0.2) is 0 Å². The Labute approximate surface area is 209 Å². The van der Waals surface area contributed by atoms with Crippen LogP contribution in [0.5, 0.6) is 0 Å². The van der Waals surface area contributed by atoms with E-state index in [1.54, 1.807) is 28.9 Å². The van der Waals surface area contributed by atoms with Crippen LogP contribution in [-0.2, 0) is 11.0 Å². The average Bonchev–Trinajstić information content (AvgIpc) is 3.04. The third kappa shape index (κ3) is 6.67. The number of benzene rings is 2. The molecule has 2 aromatic rings. The van der Waals surface area contributed by atoms with Gasteiger partial charge in [0.25, 0.3) is 0 Å². The maximum Gasteiger partial charge on any atom is 0.417 e. The SMILES string of the molecule is CSCCCC1(C)CN(CC(=O)Nc2ccc(Br)cc2)N=C1c1ccc(C(F)(F)F)c(Cl)c1. The van der Waals surface area contributed by atoms with Crippen LogP contribution in [0.4, 0.5) is 18.9 Å². The zero-order chi connectivity index (χ0) is 24.2. The number of carbonyl (C=O) groups is 1. The molecule has 1 atom stereocenters. The molecule has 1 aliphatic rings. The summed E-state index contributed by atoms with van der Waals surface area (Å²) in [7, 11) is 0. The number of nitrogens with one attached hydrogen (secondary N) is 1. The van der Waals surface area contributed by atoms with Gasteiger partial charge in [-0.15, -0.1) is 0 Å². The molecule has 0 bridgehead atoms. The Balaban J connectivity index is 1.82. The van der Waals surface area contributed by atoms with E-state index < -0.39 is 17.2 Å². The highest BCUT2D eigenvalue weighted by Crippen LogP contribution is 2.39. The Hall–Kier alpha value is -1.71. The van der Waals surface area contributed by atoms with Crippen LogP contribution in [0.25, 0.3) is 0 Å². The van der Waals surface area contributed by atoms with Gasteiger partial charge in [0.05, 0.1) is 16.3 Å². The van der Waals surface area contributed by atoms with Crippen molar-refractivity contribution in [2.45, 2.75) is 25.9 Å². The molecule has 33 heavy (non-hydrogen) atoms. The monoisotopic (exact) mass is 561 g/mol. The van der Waals surface area contributed by atoms with E-state index in [-0.39, 0.29) is 17.5 Å². The van der Waals surface area contributed by atoms with E-state index in [4.69, 9.17) is 11.6 Å². The standard InChI is InChI=1S/C23H24BrClF3N3OS/c1-22(10-3-11-33-2)14-31(13-20(32)29-17-7-5-16(24)6-8-17)30-21(22)15-4-9-18(19(25)12-15)23(26,27)28/h4-9,12H,3,10-11,13-14H2,1-2H3,(H,29,32). The highest BCUT2D eigenvalue weighted by atomic mass is 79.9. The molecule has 2 aromatic carbocycles. The van der Waals surface area contributed by atoms with Crippen molar-refractivity contribution < 1.29 is 18.0 Å². The Kier molecular flexibility index (Phi) is 8.40. The van der Waals surface area contributed by atoms with Gasteiger partial charge in [0.15, 0.2) is 0 Å². The summed E-state index contributed by atoms with van der Waals surface area (Å²) in [5.74, 6) is 0.736. The minimum atomic E-state index is -4.52. The van der Waals surface area contributed by atoms with E-state index in [1.807, 2.05) is 25.3 Å². The van der Waals surface area contributed by atoms with Gasteiger partial charge in [0, 0.05) is 22.1 Å². The number of alkyl halides is 3. The summed E-state index contributed by atoms with van der Waals surface area (Å²) in [5, 5.41) is 8.81. The number of hydrogen-bond donors (Lipinski definition) is 1. The van der Waals surface area contributed by atoms with Gasteiger partial charge in [0.2, 0.25) is 5.91 Å². The summed E-state index contributed by atoms with van der Waals surface area (Å²) in [4.78, 5) is 12.6. The molecule has 4 nitrogen and oxygen atoms in total. The van der Waals surface area contributed by atoms with Crippen molar-refractivity contribution in [3.05, 3.63) is 63.1 Å². The number of nitrogens with zero attached hydrogens (tertiary/aromatic N) is 2. The molecule has 1 amide bonds. The third-order valence-electron chi connectivity index (χ3n) is 5.42. The number of amides is 1. The fraction of sp³-hybridized carbons (Fsp3) is 0.391. The lowest BCUT2D eigenvalue weighted by Gasteiger charge is -2.27. The summed E-state index contributed by atoms with van der Waals surface area (Å²) in [6, 6.07) is 11.0. The van der Waals surface area contributed by atoms with E-state index >= 15 is 0 Å². The minimum Gasteiger partial charge on any atom is -0.324 e. The highest BCUT2D eigenvalue weighted by molar-refractivity contribution is 9.10. The molecule has 0 spiro atoms. The van der Waals surface area contributed by atoms with Gasteiger partial charge in [0.1, 0.15) is 6.54 Å². The predicted octanol–water partition coefficient (Wildman–Crippen LogP) is 6.93. The van der Waals surface area contributed by atoms with E-state index in [2.05, 4.69) is 26.3 Å². The molecule has 3 rings (SSSR count). The lowest BCUT2D eigenvalue weighted by atomic mass is 9.78. The molecule has 0 saturated heterocycles. The molecule has 1 unspecified atom stereocenters. The summed E-state index contributed by atoms with van der Waals surface area (Å²) in [6.07, 6.45) is -0.785. The first-order valence-corrected chi connectivity index (χ1v) is 12.8. The van der Waals surface area contributed by atoms with Gasteiger partial charge in [-0.05, 0) is 66.8 Å². The zero-order valence-corrected chi connectivity index (χ0v) is 21.3. The van der Waals surface area contributed by atoms with E-state index in [9.17, 15) is 18.0 Å². The number of hydrazone groups is 1. The normalized spacial score (nSPS) is 18.4. The summed E-state index contributed by atoms with van der Waals surface area (Å²) < 4.78 is 40.4. The lowest BCUT2D eigenvalue weighted by molar-refractivity contribution is -0.137. The first-order valence-electron chi connectivity index (χ1n) is 10.3. The second-order valence-corrected chi connectivity index (χ2v) is 10.5. The molecular weight excluding hydrogens is 539 g/mol. The molecule has 1 heterocycles. The first-order chi connectivity index (χ1) is 15.5. The Morgan fingerprint density at radius 3 is 2.58 bits per heavy atom. The van der Waals surface area contributed by atoms with Gasteiger partial charge in [-0.2, -0.15) is 30.0 Å². The zero-order valence-electron chi connectivity index (χ0n) is 18.2. The van der Waals surface area contributed by atoms with E-state index in [0.717, 1.165) is 29.1 Å². The smallest absolute Gasteiger partial charge is 0.324 e.